The Kier molecular flexibility index (Phi) is 9.26. The summed E-state index contributed by atoms with van der Waals surface area (Å²) < 4.78 is 5.52. The van der Waals surface area contributed by atoms with E-state index in [9.17, 15) is 9.59 Å². The van der Waals surface area contributed by atoms with Gasteiger partial charge in [0.05, 0.1) is 18.5 Å². The third-order valence-electron chi connectivity index (χ3n) is 7.34. The summed E-state index contributed by atoms with van der Waals surface area (Å²) in [7, 11) is 1.71. The summed E-state index contributed by atoms with van der Waals surface area (Å²) in [6, 6.07) is 32.2. The molecule has 2 N–H and O–H groups in total. The summed E-state index contributed by atoms with van der Waals surface area (Å²) >= 11 is 0. The molecule has 0 bridgehead atoms. The van der Waals surface area contributed by atoms with Gasteiger partial charge in [-0.2, -0.15) is 5.10 Å². The van der Waals surface area contributed by atoms with Crippen LogP contribution in [-0.4, -0.2) is 55.7 Å². The highest BCUT2D eigenvalue weighted by Gasteiger charge is 2.19. The zero-order valence-corrected chi connectivity index (χ0v) is 23.9. The molecule has 0 radical (unpaired) electrons. The number of methoxy groups -OCH3 is 1. The molecule has 1 saturated heterocycles. The summed E-state index contributed by atoms with van der Waals surface area (Å²) in [6.45, 7) is 6.44. The second-order valence-corrected chi connectivity index (χ2v) is 10.2. The van der Waals surface area contributed by atoms with Gasteiger partial charge in [-0.1, -0.05) is 54.6 Å². The molecule has 0 aromatic heterocycles. The molecule has 0 spiro atoms. The van der Waals surface area contributed by atoms with E-state index in [1.165, 1.54) is 0 Å². The summed E-state index contributed by atoms with van der Waals surface area (Å²) in [5.74, 6) is 0.471. The van der Waals surface area contributed by atoms with Crippen molar-refractivity contribution in [2.75, 3.05) is 43.5 Å². The predicted octanol–water partition coefficient (Wildman–Crippen LogP) is 5.42. The number of carbonyl (C=O) groups excluding carboxylic acids is 2. The minimum Gasteiger partial charge on any atom is -0.495 e. The molecule has 4 aromatic carbocycles. The van der Waals surface area contributed by atoms with Gasteiger partial charge in [0.2, 0.25) is 0 Å². The minimum absolute atomic E-state index is 0.168. The fraction of sp³-hybridized carbons (Fsp3) is 0.206. The average molecular weight is 562 g/mol. The third kappa shape index (κ3) is 7.21. The molecule has 1 aliphatic heterocycles. The lowest BCUT2D eigenvalue weighted by Gasteiger charge is -2.36. The number of amides is 2. The van der Waals surface area contributed by atoms with Crippen molar-refractivity contribution >= 4 is 28.9 Å². The van der Waals surface area contributed by atoms with Crippen LogP contribution in [-0.2, 0) is 6.54 Å². The lowest BCUT2D eigenvalue weighted by Crippen LogP contribution is -2.46. The standard InChI is InChI=1S/C34H35N5O3/c1-25(27-16-18-30(19-17-27)35-33(40)28-8-4-3-5-9-28)36-37-34(41)29-14-12-26(13-15-29)24-38-20-22-39(23-21-38)31-10-6-7-11-32(31)42-2/h3-19H,20-24H2,1-2H3,(H,35,40)(H,37,41)/b36-25-. The fourth-order valence-electron chi connectivity index (χ4n) is 4.91. The van der Waals surface area contributed by atoms with Crippen molar-refractivity contribution in [3.8, 4) is 5.75 Å². The number of rotatable bonds is 9. The molecule has 2 amide bonds. The number of hydrogen-bond donors (Lipinski definition) is 2. The number of anilines is 2. The summed E-state index contributed by atoms with van der Waals surface area (Å²) in [6.07, 6.45) is 0. The van der Waals surface area contributed by atoms with Crippen LogP contribution in [0.4, 0.5) is 11.4 Å². The topological polar surface area (TPSA) is 86.3 Å². The van der Waals surface area contributed by atoms with Crippen molar-refractivity contribution in [1.29, 1.82) is 0 Å². The van der Waals surface area contributed by atoms with Crippen LogP contribution in [0.15, 0.2) is 108 Å². The number of nitrogens with one attached hydrogen (secondary N) is 2. The Bertz CT molecular complexity index is 1530. The second kappa shape index (κ2) is 13.6. The lowest BCUT2D eigenvalue weighted by molar-refractivity contribution is 0.0954. The number of para-hydroxylation sites is 2. The molecule has 1 fully saturated rings. The predicted molar refractivity (Wildman–Crippen MR) is 167 cm³/mol. The number of benzene rings is 4. The quantitative estimate of drug-likeness (QED) is 0.210. The van der Waals surface area contributed by atoms with Gasteiger partial charge in [0.1, 0.15) is 5.75 Å². The van der Waals surface area contributed by atoms with Gasteiger partial charge in [0.15, 0.2) is 0 Å². The largest absolute Gasteiger partial charge is 0.495 e. The van der Waals surface area contributed by atoms with Crippen molar-refractivity contribution in [3.05, 3.63) is 125 Å². The molecule has 8 nitrogen and oxygen atoms in total. The Morgan fingerprint density at radius 2 is 1.36 bits per heavy atom. The normalized spacial score (nSPS) is 13.9. The van der Waals surface area contributed by atoms with E-state index in [1.54, 1.807) is 19.2 Å². The zero-order chi connectivity index (χ0) is 29.3. The number of carbonyl (C=O) groups is 2. The minimum atomic E-state index is -0.266. The van der Waals surface area contributed by atoms with Gasteiger partial charge in [0, 0.05) is 49.5 Å². The summed E-state index contributed by atoms with van der Waals surface area (Å²) in [5, 5.41) is 7.16. The van der Waals surface area contributed by atoms with Gasteiger partial charge in [-0.3, -0.25) is 14.5 Å². The maximum atomic E-state index is 12.7. The molecule has 0 saturated carbocycles. The van der Waals surface area contributed by atoms with Gasteiger partial charge in [-0.05, 0) is 66.6 Å². The molecule has 4 aromatic rings. The van der Waals surface area contributed by atoms with E-state index in [1.807, 2.05) is 91.9 Å². The molecule has 0 atom stereocenters. The van der Waals surface area contributed by atoms with Crippen molar-refractivity contribution in [1.82, 2.24) is 10.3 Å². The highest BCUT2D eigenvalue weighted by Crippen LogP contribution is 2.28. The van der Waals surface area contributed by atoms with Crippen LogP contribution in [0.25, 0.3) is 0 Å². The van der Waals surface area contributed by atoms with E-state index in [2.05, 4.69) is 31.7 Å². The third-order valence-corrected chi connectivity index (χ3v) is 7.34. The Morgan fingerprint density at radius 1 is 0.738 bits per heavy atom. The van der Waals surface area contributed by atoms with Crippen LogP contribution in [0.5, 0.6) is 5.75 Å². The highest BCUT2D eigenvalue weighted by atomic mass is 16.5. The molecule has 214 valence electrons. The molecule has 42 heavy (non-hydrogen) atoms. The van der Waals surface area contributed by atoms with Gasteiger partial charge < -0.3 is 15.0 Å². The van der Waals surface area contributed by atoms with Gasteiger partial charge in [0.25, 0.3) is 11.8 Å². The number of piperazine rings is 1. The van der Waals surface area contributed by atoms with Crippen molar-refractivity contribution in [3.63, 3.8) is 0 Å². The van der Waals surface area contributed by atoms with Crippen LogP contribution < -0.4 is 20.4 Å². The first-order valence-corrected chi connectivity index (χ1v) is 14.0. The molecule has 0 unspecified atom stereocenters. The molecule has 8 heteroatoms. The van der Waals surface area contributed by atoms with Crippen LogP contribution in [0.2, 0.25) is 0 Å². The first kappa shape index (κ1) is 28.6. The van der Waals surface area contributed by atoms with E-state index in [4.69, 9.17) is 4.74 Å². The summed E-state index contributed by atoms with van der Waals surface area (Å²) in [4.78, 5) is 29.9. The van der Waals surface area contributed by atoms with Crippen LogP contribution in [0.3, 0.4) is 0 Å². The molecule has 5 rings (SSSR count). The van der Waals surface area contributed by atoms with Crippen molar-refractivity contribution in [2.24, 2.45) is 5.10 Å². The second-order valence-electron chi connectivity index (χ2n) is 10.2. The molecular formula is C34H35N5O3. The average Bonchev–Trinajstić information content (AvgIpc) is 3.05. The van der Waals surface area contributed by atoms with Crippen molar-refractivity contribution < 1.29 is 14.3 Å². The SMILES string of the molecule is COc1ccccc1N1CCN(Cc2ccc(C(=O)N/N=C(/C)c3ccc(NC(=O)c4ccccc4)cc3)cc2)CC1. The summed E-state index contributed by atoms with van der Waals surface area (Å²) in [5.41, 5.74) is 8.28. The number of ether oxygens (including phenoxy) is 1. The Morgan fingerprint density at radius 3 is 2.05 bits per heavy atom. The smallest absolute Gasteiger partial charge is 0.271 e. The molecule has 1 heterocycles. The number of hydrogen-bond acceptors (Lipinski definition) is 6. The zero-order valence-electron chi connectivity index (χ0n) is 23.9. The first-order valence-electron chi connectivity index (χ1n) is 14.0. The van der Waals surface area contributed by atoms with Crippen LogP contribution in [0, 0.1) is 0 Å². The van der Waals surface area contributed by atoms with Gasteiger partial charge >= 0.3 is 0 Å². The van der Waals surface area contributed by atoms with E-state index >= 15 is 0 Å². The molecule has 1 aliphatic rings. The maximum Gasteiger partial charge on any atom is 0.271 e. The first-order chi connectivity index (χ1) is 20.5. The maximum absolute atomic E-state index is 12.7. The Balaban J connectivity index is 1.10. The molecule has 0 aliphatic carbocycles. The fourth-order valence-corrected chi connectivity index (χ4v) is 4.91. The van der Waals surface area contributed by atoms with E-state index in [0.29, 0.717) is 22.5 Å². The number of nitrogens with zero attached hydrogens (tertiary/aromatic N) is 3. The van der Waals surface area contributed by atoms with Gasteiger partial charge in [-0.25, -0.2) is 5.43 Å². The highest BCUT2D eigenvalue weighted by molar-refractivity contribution is 6.05. The monoisotopic (exact) mass is 561 g/mol. The number of hydrazone groups is 1. The van der Waals surface area contributed by atoms with E-state index in [0.717, 1.165) is 55.3 Å². The van der Waals surface area contributed by atoms with E-state index < -0.39 is 0 Å². The Hall–Kier alpha value is -4.95. The van der Waals surface area contributed by atoms with Crippen LogP contribution in [0.1, 0.15) is 38.8 Å². The Labute approximate surface area is 246 Å². The van der Waals surface area contributed by atoms with Crippen LogP contribution >= 0.6 is 0 Å². The lowest BCUT2D eigenvalue weighted by atomic mass is 10.1. The van der Waals surface area contributed by atoms with E-state index in [-0.39, 0.29) is 11.8 Å². The van der Waals surface area contributed by atoms with Crippen molar-refractivity contribution in [2.45, 2.75) is 13.5 Å². The van der Waals surface area contributed by atoms with Gasteiger partial charge in [-0.15, -0.1) is 0 Å². The molecular weight excluding hydrogens is 526 g/mol.